The van der Waals surface area contributed by atoms with E-state index >= 15 is 0 Å². The van der Waals surface area contributed by atoms with Crippen LogP contribution in [0.5, 0.6) is 0 Å². The third-order valence-corrected chi connectivity index (χ3v) is 6.03. The number of rotatable bonds is 2. The van der Waals surface area contributed by atoms with Crippen molar-refractivity contribution in [2.75, 3.05) is 0 Å². The minimum atomic E-state index is -1.30. The van der Waals surface area contributed by atoms with Gasteiger partial charge in [-0.05, 0) is 63.3 Å². The summed E-state index contributed by atoms with van der Waals surface area (Å²) in [5, 5.41) is 0. The largest absolute Gasteiger partial charge is 4.00 e. The zero-order valence-electron chi connectivity index (χ0n) is 24.0. The van der Waals surface area contributed by atoms with Crippen LogP contribution in [0, 0.1) is 86.9 Å². The number of nitrogens with zero attached hydrogens (tertiary/aromatic N) is 2. The van der Waals surface area contributed by atoms with Crippen LogP contribution in [0.1, 0.15) is 35.6 Å². The van der Waals surface area contributed by atoms with Crippen LogP contribution in [-0.4, -0.2) is 9.13 Å². The predicted octanol–water partition coefficient (Wildman–Crippen LogP) is 9.23. The Hall–Kier alpha value is -3.75. The second-order valence-electron chi connectivity index (χ2n) is 9.17. The summed E-state index contributed by atoms with van der Waals surface area (Å²) in [6, 6.07) is 12.2. The smallest absolute Gasteiger partial charge is 0.370 e. The molecule has 2 nitrogen and oxygen atoms in total. The van der Waals surface area contributed by atoms with Crippen molar-refractivity contribution in [2.45, 2.75) is 40.5 Å². The van der Waals surface area contributed by atoms with Crippen LogP contribution in [0.2, 0.25) is 0 Å². The van der Waals surface area contributed by atoms with Crippen LogP contribution >= 0.6 is 0 Å². The van der Waals surface area contributed by atoms with Gasteiger partial charge in [0.15, 0.2) is 0 Å². The van der Waals surface area contributed by atoms with Gasteiger partial charge in [0.1, 0.15) is 0 Å². The van der Waals surface area contributed by atoms with E-state index in [9.17, 15) is 26.3 Å². The van der Waals surface area contributed by atoms with E-state index < -0.39 is 34.9 Å². The number of hydrogen-bond donors (Lipinski definition) is 0. The zero-order valence-corrected chi connectivity index (χ0v) is 25.6. The molecule has 2 aliphatic rings. The number of aryl methyl sites for hydroxylation is 4. The third-order valence-electron chi connectivity index (χ3n) is 6.03. The van der Waals surface area contributed by atoms with Gasteiger partial charge in [-0.3, -0.25) is 20.9 Å². The molecule has 0 fully saturated rings. The average Bonchev–Trinajstić information content (AvgIpc) is 3.77. The van der Waals surface area contributed by atoms with Gasteiger partial charge in [-0.15, -0.1) is 37.1 Å². The summed E-state index contributed by atoms with van der Waals surface area (Å²) in [5.41, 5.74) is 2.93. The fourth-order valence-electron chi connectivity index (χ4n) is 4.04. The first-order chi connectivity index (χ1) is 20.0. The van der Waals surface area contributed by atoms with Crippen molar-refractivity contribution in [3.63, 3.8) is 0 Å². The van der Waals surface area contributed by atoms with Gasteiger partial charge in [0.25, 0.3) is 0 Å². The van der Waals surface area contributed by atoms with Crippen LogP contribution in [0.15, 0.2) is 72.9 Å². The maximum absolute atomic E-state index is 13.5. The van der Waals surface area contributed by atoms with Crippen LogP contribution in [0.4, 0.5) is 26.3 Å². The first-order valence-corrected chi connectivity index (χ1v) is 12.9. The quantitative estimate of drug-likeness (QED) is 0.0909. The SMILES string of the molecule is Cc1ccc(C)n1-c1cc(F)c(F)[c-]c1F.Cc1ccc(C)n1-c1cc(F)c(F)[c-]c1F.[C-]1=CC=CC1.[C-]1=CC=CC1.[Ti+4]. The summed E-state index contributed by atoms with van der Waals surface area (Å²) < 4.78 is 81.5. The molecule has 9 heteroatoms. The van der Waals surface area contributed by atoms with Crippen LogP contribution in [0.25, 0.3) is 11.4 Å². The van der Waals surface area contributed by atoms with Crippen molar-refractivity contribution < 1.29 is 48.1 Å². The molecule has 220 valence electrons. The Balaban J connectivity index is 0.000000223. The maximum atomic E-state index is 13.5. The average molecular weight is 626 g/mol. The molecule has 6 rings (SSSR count). The number of aromatic nitrogens is 2. The summed E-state index contributed by atoms with van der Waals surface area (Å²) >= 11 is 0. The van der Waals surface area contributed by atoms with Gasteiger partial charge < -0.3 is 9.13 Å². The number of halogens is 6. The van der Waals surface area contributed by atoms with E-state index in [2.05, 4.69) is 24.3 Å². The second-order valence-corrected chi connectivity index (χ2v) is 9.17. The van der Waals surface area contributed by atoms with Crippen molar-refractivity contribution in [1.29, 1.82) is 0 Å². The number of hydrogen-bond acceptors (Lipinski definition) is 0. The van der Waals surface area contributed by atoms with E-state index in [0.717, 1.165) is 47.8 Å². The van der Waals surface area contributed by atoms with E-state index in [4.69, 9.17) is 0 Å². The second kappa shape index (κ2) is 16.8. The van der Waals surface area contributed by atoms with Gasteiger partial charge in [-0.1, -0.05) is 0 Å². The Labute approximate surface area is 263 Å². The fourth-order valence-corrected chi connectivity index (χ4v) is 4.04. The molecule has 2 heterocycles. The normalized spacial score (nSPS) is 12.1. The molecular weight excluding hydrogens is 598 g/mol. The molecule has 4 aromatic rings. The summed E-state index contributed by atoms with van der Waals surface area (Å²) in [5.74, 6) is -6.62. The molecule has 2 aromatic carbocycles. The van der Waals surface area contributed by atoms with Crippen molar-refractivity contribution in [1.82, 2.24) is 9.13 Å². The van der Waals surface area contributed by atoms with Crippen molar-refractivity contribution in [2.24, 2.45) is 0 Å². The first kappa shape index (κ1) is 35.5. The number of benzene rings is 2. The molecule has 0 saturated heterocycles. The monoisotopic (exact) mass is 626 g/mol. The van der Waals surface area contributed by atoms with Gasteiger partial charge in [-0.2, -0.15) is 12.2 Å². The standard InChI is InChI=1S/2C12H9F3N.2C5H5.Ti/c2*1-7-3-4-8(2)16(7)12-6-10(14)9(13)5-11(12)15;2*1-2-4-5-3-1;/h2*3-4,6H,1-2H3;2*1-3H,4H2;/q4*-1;+4. The van der Waals surface area contributed by atoms with Crippen LogP contribution in [-0.2, 0) is 21.7 Å². The Morgan fingerprint density at radius 3 is 1.09 bits per heavy atom. The molecule has 43 heavy (non-hydrogen) atoms. The Kier molecular flexibility index (Phi) is 13.8. The van der Waals surface area contributed by atoms with Gasteiger partial charge in [0, 0.05) is 57.7 Å². The summed E-state index contributed by atoms with van der Waals surface area (Å²) in [6.07, 6.45) is 20.0. The van der Waals surface area contributed by atoms with E-state index in [1.807, 2.05) is 24.3 Å². The molecule has 0 saturated carbocycles. The molecule has 0 amide bonds. The van der Waals surface area contributed by atoms with Crippen molar-refractivity contribution in [3.05, 3.63) is 155 Å². The van der Waals surface area contributed by atoms with Gasteiger partial charge in [0.2, 0.25) is 0 Å². The van der Waals surface area contributed by atoms with Crippen LogP contribution < -0.4 is 0 Å². The van der Waals surface area contributed by atoms with E-state index in [1.54, 1.807) is 64.1 Å². The topological polar surface area (TPSA) is 9.86 Å². The molecule has 0 atom stereocenters. The molecule has 0 radical (unpaired) electrons. The Bertz CT molecular complexity index is 1460. The molecule has 0 aliphatic heterocycles. The predicted molar refractivity (Wildman–Crippen MR) is 151 cm³/mol. The maximum Gasteiger partial charge on any atom is 4.00 e. The molecular formula is C34H28F6N2Ti. The summed E-state index contributed by atoms with van der Waals surface area (Å²) in [7, 11) is 0. The van der Waals surface area contributed by atoms with Crippen molar-refractivity contribution in [3.8, 4) is 11.4 Å². The fraction of sp³-hybridized carbons (Fsp3) is 0.176. The Morgan fingerprint density at radius 1 is 0.535 bits per heavy atom. The van der Waals surface area contributed by atoms with Gasteiger partial charge in [0.05, 0.1) is 0 Å². The Morgan fingerprint density at radius 2 is 0.860 bits per heavy atom. The minimum absolute atomic E-state index is 0. The van der Waals surface area contributed by atoms with Crippen molar-refractivity contribution >= 4 is 0 Å². The number of allylic oxidation sites excluding steroid dienone is 8. The third kappa shape index (κ3) is 9.63. The van der Waals surface area contributed by atoms with Gasteiger partial charge in [-0.25, -0.2) is 41.9 Å². The summed E-state index contributed by atoms with van der Waals surface area (Å²) in [6.45, 7) is 7.03. The van der Waals surface area contributed by atoms with E-state index in [0.29, 0.717) is 0 Å². The van der Waals surface area contributed by atoms with E-state index in [-0.39, 0.29) is 33.1 Å². The molecule has 0 unspecified atom stereocenters. The van der Waals surface area contributed by atoms with Gasteiger partial charge >= 0.3 is 21.7 Å². The van der Waals surface area contributed by atoms with Crippen LogP contribution in [0.3, 0.4) is 0 Å². The zero-order chi connectivity index (χ0) is 30.8. The molecule has 2 aliphatic carbocycles. The molecule has 0 N–H and O–H groups in total. The summed E-state index contributed by atoms with van der Waals surface area (Å²) in [4.78, 5) is 0. The molecule has 0 bridgehead atoms. The molecule has 0 spiro atoms. The molecule has 2 aromatic heterocycles. The van der Waals surface area contributed by atoms with E-state index in [1.165, 1.54) is 9.13 Å². The minimum Gasteiger partial charge on any atom is -0.370 e. The first-order valence-electron chi connectivity index (χ1n) is 12.9.